The van der Waals surface area contributed by atoms with E-state index in [1.165, 1.54) is 12.1 Å². The number of halogens is 2. The van der Waals surface area contributed by atoms with Gasteiger partial charge < -0.3 is 10.1 Å². The molecular formula is C23H18F2N2O2. The number of hydrogen-bond donors (Lipinski definition) is 1. The molecule has 0 saturated heterocycles. The Morgan fingerprint density at radius 3 is 2.31 bits per heavy atom. The molecule has 0 unspecified atom stereocenters. The van der Waals surface area contributed by atoms with Crippen molar-refractivity contribution in [2.75, 3.05) is 13.2 Å². The molecule has 1 heterocycles. The molecule has 6 heteroatoms. The van der Waals surface area contributed by atoms with Gasteiger partial charge in [0, 0.05) is 18.0 Å². The lowest BCUT2D eigenvalue weighted by Gasteiger charge is -2.14. The van der Waals surface area contributed by atoms with Crippen molar-refractivity contribution in [2.45, 2.75) is 5.92 Å². The van der Waals surface area contributed by atoms with Crippen LogP contribution in [0.4, 0.5) is 13.6 Å². The summed E-state index contributed by atoms with van der Waals surface area (Å²) in [5, 5.41) is 2.59. The van der Waals surface area contributed by atoms with Crippen LogP contribution >= 0.6 is 0 Å². The maximum absolute atomic E-state index is 13.5. The molecule has 1 aromatic heterocycles. The van der Waals surface area contributed by atoms with E-state index in [1.54, 1.807) is 6.08 Å². The lowest BCUT2D eigenvalue weighted by molar-refractivity contribution is 0.144. The molecule has 0 spiro atoms. The Labute approximate surface area is 166 Å². The van der Waals surface area contributed by atoms with Crippen LogP contribution in [-0.2, 0) is 4.74 Å². The van der Waals surface area contributed by atoms with Crippen molar-refractivity contribution >= 4 is 12.2 Å². The van der Waals surface area contributed by atoms with Crippen molar-refractivity contribution in [3.63, 3.8) is 0 Å². The highest BCUT2D eigenvalue weighted by Crippen LogP contribution is 2.44. The van der Waals surface area contributed by atoms with Gasteiger partial charge in [-0.25, -0.2) is 4.79 Å². The van der Waals surface area contributed by atoms with Gasteiger partial charge in [0.05, 0.1) is 0 Å². The molecule has 1 N–H and O–H groups in total. The van der Waals surface area contributed by atoms with E-state index in [1.807, 2.05) is 24.3 Å². The van der Waals surface area contributed by atoms with E-state index < -0.39 is 18.0 Å². The van der Waals surface area contributed by atoms with E-state index in [9.17, 15) is 13.6 Å². The number of aromatic nitrogens is 1. The minimum Gasteiger partial charge on any atom is -0.449 e. The number of nitrogens with one attached hydrogen (secondary N) is 1. The minimum atomic E-state index is -0.901. The third-order valence-corrected chi connectivity index (χ3v) is 4.85. The molecule has 4 rings (SSSR count). The molecule has 1 amide bonds. The Morgan fingerprint density at radius 1 is 1.00 bits per heavy atom. The molecule has 0 saturated carbocycles. The number of benzene rings is 2. The van der Waals surface area contributed by atoms with Crippen LogP contribution < -0.4 is 5.32 Å². The summed E-state index contributed by atoms with van der Waals surface area (Å²) in [6.45, 7) is 0.369. The molecule has 4 nitrogen and oxygen atoms in total. The van der Waals surface area contributed by atoms with E-state index >= 15 is 0 Å². The predicted molar refractivity (Wildman–Crippen MR) is 106 cm³/mol. The molecule has 29 heavy (non-hydrogen) atoms. The largest absolute Gasteiger partial charge is 0.449 e. The van der Waals surface area contributed by atoms with Crippen molar-refractivity contribution in [2.24, 2.45) is 0 Å². The molecule has 0 fully saturated rings. The second-order valence-corrected chi connectivity index (χ2v) is 6.62. The lowest BCUT2D eigenvalue weighted by atomic mass is 9.98. The summed E-state index contributed by atoms with van der Waals surface area (Å²) in [5.41, 5.74) is 4.74. The zero-order chi connectivity index (χ0) is 20.2. The highest BCUT2D eigenvalue weighted by Gasteiger charge is 2.28. The Balaban J connectivity index is 1.34. The van der Waals surface area contributed by atoms with Gasteiger partial charge in [-0.15, -0.1) is 0 Å². The zero-order valence-electron chi connectivity index (χ0n) is 15.4. The van der Waals surface area contributed by atoms with Gasteiger partial charge in [0.15, 0.2) is 0 Å². The standard InChI is InChI=1S/C23H18F2N2O2/c24-21-12-11-15(22(25)27-21)6-5-13-26-23(28)29-14-20-18-9-3-1-7-16(18)17-8-2-4-10-19(17)20/h1-12,20H,13-14H2,(H,26,28). The van der Waals surface area contributed by atoms with Crippen LogP contribution in [0.5, 0.6) is 0 Å². The van der Waals surface area contributed by atoms with Crippen LogP contribution in [0.15, 0.2) is 66.7 Å². The number of carbonyl (C=O) groups is 1. The summed E-state index contributed by atoms with van der Waals surface area (Å²) >= 11 is 0. The third kappa shape index (κ3) is 4.01. The van der Waals surface area contributed by atoms with Gasteiger partial charge in [-0.1, -0.05) is 60.7 Å². The summed E-state index contributed by atoms with van der Waals surface area (Å²) in [6.07, 6.45) is 2.40. The second-order valence-electron chi connectivity index (χ2n) is 6.62. The highest BCUT2D eigenvalue weighted by molar-refractivity contribution is 5.79. The van der Waals surface area contributed by atoms with Crippen LogP contribution in [0.25, 0.3) is 17.2 Å². The smallest absolute Gasteiger partial charge is 0.407 e. The molecule has 2 aromatic carbocycles. The fraction of sp³-hybridized carbons (Fsp3) is 0.130. The summed E-state index contributed by atoms with van der Waals surface area (Å²) < 4.78 is 31.7. The van der Waals surface area contributed by atoms with Crippen LogP contribution in [0.2, 0.25) is 0 Å². The average molecular weight is 392 g/mol. The van der Waals surface area contributed by atoms with E-state index in [0.29, 0.717) is 0 Å². The number of fused-ring (bicyclic) bond motifs is 3. The van der Waals surface area contributed by atoms with E-state index in [4.69, 9.17) is 4.74 Å². The summed E-state index contributed by atoms with van der Waals surface area (Å²) in [5.74, 6) is -1.79. The Kier molecular flexibility index (Phi) is 5.33. The SMILES string of the molecule is O=C(NCC=Cc1ccc(F)nc1F)OCC1c2ccccc2-c2ccccc21. The number of ether oxygens (including phenoxy) is 1. The molecule has 3 aromatic rings. The van der Waals surface area contributed by atoms with Crippen molar-refractivity contribution in [1.29, 1.82) is 0 Å². The first kappa shape index (κ1) is 18.8. The van der Waals surface area contributed by atoms with Crippen molar-refractivity contribution in [1.82, 2.24) is 10.3 Å². The lowest BCUT2D eigenvalue weighted by Crippen LogP contribution is -2.26. The number of rotatable bonds is 5. The minimum absolute atomic E-state index is 0.0110. The summed E-state index contributed by atoms with van der Waals surface area (Å²) in [4.78, 5) is 15.1. The predicted octanol–water partition coefficient (Wildman–Crippen LogP) is 4.91. The molecule has 1 aliphatic carbocycles. The Bertz CT molecular complexity index is 1040. The van der Waals surface area contributed by atoms with E-state index in [0.717, 1.165) is 28.3 Å². The number of alkyl carbamates (subject to hydrolysis) is 1. The molecule has 0 radical (unpaired) electrons. The zero-order valence-corrected chi connectivity index (χ0v) is 15.4. The van der Waals surface area contributed by atoms with E-state index in [-0.39, 0.29) is 24.6 Å². The van der Waals surface area contributed by atoms with Crippen molar-refractivity contribution in [3.8, 4) is 11.1 Å². The van der Waals surface area contributed by atoms with Gasteiger partial charge in [-0.2, -0.15) is 13.8 Å². The number of amides is 1. The Hall–Kier alpha value is -3.54. The first-order valence-electron chi connectivity index (χ1n) is 9.21. The average Bonchev–Trinajstić information content (AvgIpc) is 3.05. The van der Waals surface area contributed by atoms with Gasteiger partial charge in [-0.3, -0.25) is 0 Å². The molecule has 1 aliphatic rings. The molecule has 0 aliphatic heterocycles. The highest BCUT2D eigenvalue weighted by atomic mass is 19.1. The fourth-order valence-electron chi connectivity index (χ4n) is 3.52. The first-order valence-corrected chi connectivity index (χ1v) is 9.21. The molecule has 0 bridgehead atoms. The summed E-state index contributed by atoms with van der Waals surface area (Å²) in [7, 11) is 0. The quantitative estimate of drug-likeness (QED) is 0.628. The normalized spacial score (nSPS) is 12.6. The number of nitrogens with zero attached hydrogens (tertiary/aromatic N) is 1. The maximum atomic E-state index is 13.5. The van der Waals surface area contributed by atoms with Gasteiger partial charge >= 0.3 is 6.09 Å². The molecule has 146 valence electrons. The van der Waals surface area contributed by atoms with E-state index in [2.05, 4.69) is 34.6 Å². The van der Waals surface area contributed by atoms with Gasteiger partial charge in [-0.05, 0) is 34.4 Å². The number of pyridine rings is 1. The third-order valence-electron chi connectivity index (χ3n) is 4.85. The van der Waals surface area contributed by atoms with Crippen molar-refractivity contribution < 1.29 is 18.3 Å². The first-order chi connectivity index (χ1) is 14.1. The molecule has 0 atom stereocenters. The summed E-state index contributed by atoms with van der Waals surface area (Å²) in [6, 6.07) is 18.5. The monoisotopic (exact) mass is 392 g/mol. The van der Waals surface area contributed by atoms with Crippen LogP contribution in [-0.4, -0.2) is 24.2 Å². The van der Waals surface area contributed by atoms with Crippen LogP contribution in [0, 0.1) is 11.9 Å². The fourth-order valence-corrected chi connectivity index (χ4v) is 3.52. The second kappa shape index (κ2) is 8.22. The van der Waals surface area contributed by atoms with Gasteiger partial charge in [0.1, 0.15) is 6.61 Å². The molecular weight excluding hydrogens is 374 g/mol. The van der Waals surface area contributed by atoms with Crippen LogP contribution in [0.3, 0.4) is 0 Å². The van der Waals surface area contributed by atoms with Gasteiger partial charge in [0.2, 0.25) is 11.9 Å². The number of hydrogen-bond acceptors (Lipinski definition) is 3. The van der Waals surface area contributed by atoms with Gasteiger partial charge in [0.25, 0.3) is 0 Å². The topological polar surface area (TPSA) is 51.2 Å². The maximum Gasteiger partial charge on any atom is 0.407 e. The number of carbonyl (C=O) groups excluding carboxylic acids is 1. The van der Waals surface area contributed by atoms with Crippen molar-refractivity contribution in [3.05, 3.63) is 95.3 Å². The Morgan fingerprint density at radius 2 is 1.66 bits per heavy atom. The van der Waals surface area contributed by atoms with Crippen LogP contribution in [0.1, 0.15) is 22.6 Å².